The summed E-state index contributed by atoms with van der Waals surface area (Å²) in [6.45, 7) is 4.22. The summed E-state index contributed by atoms with van der Waals surface area (Å²) in [4.78, 5) is 12.0. The predicted octanol–water partition coefficient (Wildman–Crippen LogP) is -0.862. The highest BCUT2D eigenvalue weighted by atomic mass is 16.7. The van der Waals surface area contributed by atoms with Crippen molar-refractivity contribution in [3.63, 3.8) is 0 Å². The molecule has 12 nitrogen and oxygen atoms in total. The molecule has 8 N–H and O–H groups in total. The molecule has 1 aromatic rings. The highest BCUT2D eigenvalue weighted by molar-refractivity contribution is 5.94. The fraction of sp³-hybridized carbons (Fsp3) is 0.625. The van der Waals surface area contributed by atoms with E-state index < -0.39 is 24.6 Å². The van der Waals surface area contributed by atoms with E-state index in [-0.39, 0.29) is 32.1 Å². The van der Waals surface area contributed by atoms with Gasteiger partial charge in [-0.1, -0.05) is 19.1 Å². The van der Waals surface area contributed by atoms with Gasteiger partial charge in [0.2, 0.25) is 0 Å². The number of hydrogen-bond acceptors (Lipinski definition) is 11. The Bertz CT molecular complexity index is 795. The first-order valence-electron chi connectivity index (χ1n) is 12.1. The van der Waals surface area contributed by atoms with Crippen LogP contribution in [0.15, 0.2) is 30.5 Å². The lowest BCUT2D eigenvalue weighted by molar-refractivity contribution is -0.273. The Morgan fingerprint density at radius 1 is 1.14 bits per heavy atom. The smallest absolute Gasteiger partial charge is 0.251 e. The Labute approximate surface area is 211 Å². The fourth-order valence-electron chi connectivity index (χ4n) is 3.36. The largest absolute Gasteiger partial charge is 0.397 e. The molecular formula is C24H40N4O8. The maximum Gasteiger partial charge on any atom is 0.251 e. The zero-order valence-corrected chi connectivity index (χ0v) is 20.8. The van der Waals surface area contributed by atoms with E-state index in [9.17, 15) is 15.0 Å². The van der Waals surface area contributed by atoms with Gasteiger partial charge in [-0.15, -0.1) is 0 Å². The number of nitrogens with two attached hydrogens (primary N) is 2. The summed E-state index contributed by atoms with van der Waals surface area (Å²) >= 11 is 0. The molecule has 0 bridgehead atoms. The average molecular weight is 513 g/mol. The van der Waals surface area contributed by atoms with Crippen LogP contribution in [0.2, 0.25) is 0 Å². The van der Waals surface area contributed by atoms with E-state index in [0.29, 0.717) is 44.2 Å². The van der Waals surface area contributed by atoms with Gasteiger partial charge in [-0.3, -0.25) is 4.79 Å². The minimum atomic E-state index is -1.17. The van der Waals surface area contributed by atoms with Crippen molar-refractivity contribution < 1.29 is 39.1 Å². The summed E-state index contributed by atoms with van der Waals surface area (Å²) in [5.41, 5.74) is 7.89. The first-order valence-corrected chi connectivity index (χ1v) is 12.1. The molecule has 2 rings (SSSR count). The molecule has 4 atom stereocenters. The fourth-order valence-corrected chi connectivity index (χ4v) is 3.36. The number of rotatable bonds is 16. The second kappa shape index (κ2) is 16.5. The second-order valence-electron chi connectivity index (χ2n) is 8.35. The molecule has 0 spiro atoms. The molecule has 1 amide bonds. The zero-order valence-electron chi connectivity index (χ0n) is 20.8. The van der Waals surface area contributed by atoms with Gasteiger partial charge in [0, 0.05) is 24.7 Å². The maximum absolute atomic E-state index is 12.0. The lowest BCUT2D eigenvalue weighted by Gasteiger charge is -2.36. The molecule has 204 valence electrons. The summed E-state index contributed by atoms with van der Waals surface area (Å²) in [7, 11) is 0. The van der Waals surface area contributed by atoms with Crippen LogP contribution in [0.4, 0.5) is 0 Å². The van der Waals surface area contributed by atoms with E-state index in [4.69, 9.17) is 35.6 Å². The number of nitrogens with one attached hydrogen (secondary N) is 1. The molecule has 1 fully saturated rings. The molecule has 4 unspecified atom stereocenters. The Hall–Kier alpha value is -2.29. The number of aliphatic hydroxyl groups excluding tert-OH is 3. The van der Waals surface area contributed by atoms with Crippen LogP contribution in [-0.2, 0) is 18.9 Å². The summed E-state index contributed by atoms with van der Waals surface area (Å²) < 4.78 is 21.7. The molecule has 1 aliphatic heterocycles. The summed E-state index contributed by atoms with van der Waals surface area (Å²) in [6.07, 6.45) is -1.13. The van der Waals surface area contributed by atoms with E-state index in [1.807, 2.05) is 6.92 Å². The van der Waals surface area contributed by atoms with E-state index >= 15 is 0 Å². The van der Waals surface area contributed by atoms with E-state index in [1.165, 1.54) is 5.01 Å². The molecule has 36 heavy (non-hydrogen) atoms. The van der Waals surface area contributed by atoms with Gasteiger partial charge < -0.3 is 50.3 Å². The topological polar surface area (TPSA) is 182 Å². The normalized spacial score (nSPS) is 22.4. The number of nitrogens with zero attached hydrogens (tertiary/aromatic N) is 1. The van der Waals surface area contributed by atoms with E-state index in [2.05, 4.69) is 5.32 Å². The van der Waals surface area contributed by atoms with Gasteiger partial charge in [-0.05, 0) is 24.1 Å². The summed E-state index contributed by atoms with van der Waals surface area (Å²) in [5.74, 6) is 5.84. The van der Waals surface area contributed by atoms with Gasteiger partial charge in [0.05, 0.1) is 64.1 Å². The lowest BCUT2D eigenvalue weighted by atomic mass is 10.0. The van der Waals surface area contributed by atoms with Crippen molar-refractivity contribution in [3.8, 4) is 0 Å². The van der Waals surface area contributed by atoms with Crippen LogP contribution in [0.5, 0.6) is 0 Å². The van der Waals surface area contributed by atoms with Crippen molar-refractivity contribution in [2.45, 2.75) is 44.4 Å². The number of hydrazine groups is 1. The van der Waals surface area contributed by atoms with Crippen molar-refractivity contribution in [2.75, 3.05) is 52.7 Å². The average Bonchev–Trinajstić information content (AvgIpc) is 2.88. The van der Waals surface area contributed by atoms with Gasteiger partial charge >= 0.3 is 0 Å². The molecule has 0 aliphatic carbocycles. The molecule has 1 aliphatic rings. The van der Waals surface area contributed by atoms with E-state index in [0.717, 1.165) is 12.0 Å². The van der Waals surface area contributed by atoms with Crippen molar-refractivity contribution in [3.05, 3.63) is 41.6 Å². The van der Waals surface area contributed by atoms with Crippen LogP contribution in [0, 0.1) is 0 Å². The highest BCUT2D eigenvalue weighted by Crippen LogP contribution is 2.21. The number of aliphatic hydroxyl groups is 3. The van der Waals surface area contributed by atoms with E-state index in [1.54, 1.807) is 30.5 Å². The Kier molecular flexibility index (Phi) is 13.7. The lowest BCUT2D eigenvalue weighted by Crippen LogP contribution is -2.50. The zero-order chi connectivity index (χ0) is 26.3. The monoisotopic (exact) mass is 512 g/mol. The third kappa shape index (κ3) is 10.4. The SMILES string of the molecule is CCCNC(=O)c1ccc(/C(N)=C/N(N)CCOCCOCCOC2OC(CO)CC(O)C2O)cc1. The van der Waals surface area contributed by atoms with Crippen molar-refractivity contribution in [1.29, 1.82) is 0 Å². The number of hydrogen-bond donors (Lipinski definition) is 6. The molecule has 0 aromatic heterocycles. The molecule has 0 radical (unpaired) electrons. The quantitative estimate of drug-likeness (QED) is 0.0921. The van der Waals surface area contributed by atoms with Gasteiger partial charge in [-0.2, -0.15) is 0 Å². The first kappa shape index (κ1) is 29.9. The van der Waals surface area contributed by atoms with Crippen molar-refractivity contribution in [1.82, 2.24) is 10.3 Å². The van der Waals surface area contributed by atoms with Gasteiger partial charge in [0.25, 0.3) is 5.91 Å². The molecule has 1 aromatic carbocycles. The summed E-state index contributed by atoms with van der Waals surface area (Å²) in [6, 6.07) is 6.98. The highest BCUT2D eigenvalue weighted by Gasteiger charge is 2.37. The van der Waals surface area contributed by atoms with Crippen LogP contribution in [-0.4, -0.2) is 104 Å². The standard InChI is InChI=1S/C24H40N4O8/c1-2-7-27-23(32)18-5-3-17(4-6-18)20(25)15-28(26)8-9-33-10-11-34-12-13-35-24-22(31)21(30)14-19(16-29)36-24/h3-6,15,19,21-22,24,29-31H,2,7-14,16,25-26H2,1H3,(H,27,32)/b20-15-. The molecular weight excluding hydrogens is 472 g/mol. The number of benzene rings is 1. The minimum absolute atomic E-state index is 0.117. The first-order chi connectivity index (χ1) is 17.3. The summed E-state index contributed by atoms with van der Waals surface area (Å²) in [5, 5.41) is 33.1. The Balaban J connectivity index is 1.56. The van der Waals surface area contributed by atoms with Crippen LogP contribution in [0.1, 0.15) is 35.7 Å². The number of amides is 1. The van der Waals surface area contributed by atoms with Crippen molar-refractivity contribution >= 4 is 11.6 Å². The molecule has 12 heteroatoms. The minimum Gasteiger partial charge on any atom is -0.397 e. The Morgan fingerprint density at radius 2 is 1.78 bits per heavy atom. The molecule has 1 saturated heterocycles. The number of carbonyl (C=O) groups excluding carboxylic acids is 1. The Morgan fingerprint density at radius 3 is 2.44 bits per heavy atom. The number of ether oxygens (including phenoxy) is 4. The van der Waals surface area contributed by atoms with Gasteiger partial charge in [0.15, 0.2) is 6.29 Å². The van der Waals surface area contributed by atoms with Gasteiger partial charge in [0.1, 0.15) is 6.10 Å². The molecule has 0 saturated carbocycles. The van der Waals surface area contributed by atoms with Crippen molar-refractivity contribution in [2.24, 2.45) is 11.6 Å². The second-order valence-corrected chi connectivity index (χ2v) is 8.35. The maximum atomic E-state index is 12.0. The van der Waals surface area contributed by atoms with Gasteiger partial charge in [-0.25, -0.2) is 5.84 Å². The van der Waals surface area contributed by atoms with Crippen LogP contribution in [0.25, 0.3) is 5.70 Å². The van der Waals surface area contributed by atoms with Crippen LogP contribution < -0.4 is 16.9 Å². The third-order valence-electron chi connectivity index (χ3n) is 5.40. The van der Waals surface area contributed by atoms with Crippen LogP contribution in [0.3, 0.4) is 0 Å². The number of carbonyl (C=O) groups is 1. The van der Waals surface area contributed by atoms with Crippen LogP contribution >= 0.6 is 0 Å². The molecule has 1 heterocycles. The third-order valence-corrected chi connectivity index (χ3v) is 5.40. The predicted molar refractivity (Wildman–Crippen MR) is 132 cm³/mol.